The summed E-state index contributed by atoms with van der Waals surface area (Å²) in [6.45, 7) is 7.41. The fraction of sp³-hybridized carbons (Fsp3) is 0.538. The quantitative estimate of drug-likeness (QED) is 0.668. The second-order valence-electron chi connectivity index (χ2n) is 4.40. The topological polar surface area (TPSA) is 23.6 Å². The third-order valence-corrected chi connectivity index (χ3v) is 3.28. The Morgan fingerprint density at radius 1 is 1.25 bits per heavy atom. The molecule has 1 heterocycles. The average Bonchev–Trinajstić information content (AvgIpc) is 2.30. The molecule has 87 valence electrons. The van der Waals surface area contributed by atoms with Crippen LogP contribution in [0.3, 0.4) is 0 Å². The molecule has 1 aliphatic heterocycles. The van der Waals surface area contributed by atoms with E-state index in [1.54, 1.807) is 6.92 Å². The molecule has 2 rings (SSSR count). The fourth-order valence-electron chi connectivity index (χ4n) is 2.31. The lowest BCUT2D eigenvalue weighted by atomic mass is 10.0. The Bertz CT molecular complexity index is 336. The van der Waals surface area contributed by atoms with Gasteiger partial charge in [0.1, 0.15) is 0 Å². The van der Waals surface area contributed by atoms with Gasteiger partial charge in [0.25, 0.3) is 0 Å². The molecule has 2 aliphatic rings. The van der Waals surface area contributed by atoms with E-state index in [0.717, 1.165) is 32.6 Å². The van der Waals surface area contributed by atoms with Crippen molar-refractivity contribution in [3.63, 3.8) is 0 Å². The molecule has 1 amide bonds. The summed E-state index contributed by atoms with van der Waals surface area (Å²) in [4.78, 5) is 15.5. The van der Waals surface area contributed by atoms with Crippen LogP contribution in [0, 0.1) is 6.42 Å². The second kappa shape index (κ2) is 4.73. The van der Waals surface area contributed by atoms with E-state index in [1.807, 2.05) is 4.90 Å². The minimum atomic E-state index is 0.192. The van der Waals surface area contributed by atoms with E-state index < -0.39 is 0 Å². The number of rotatable bonds is 1. The molecule has 0 spiro atoms. The summed E-state index contributed by atoms with van der Waals surface area (Å²) in [5.74, 6) is 0.192. The largest absolute Gasteiger partial charge is 0.368 e. The van der Waals surface area contributed by atoms with E-state index >= 15 is 0 Å². The van der Waals surface area contributed by atoms with Crippen LogP contribution >= 0.6 is 0 Å². The smallest absolute Gasteiger partial charge is 0.219 e. The van der Waals surface area contributed by atoms with Gasteiger partial charge in [-0.2, -0.15) is 0 Å². The third-order valence-electron chi connectivity index (χ3n) is 3.28. The molecule has 1 saturated heterocycles. The van der Waals surface area contributed by atoms with Gasteiger partial charge in [-0.25, -0.2) is 0 Å². The van der Waals surface area contributed by atoms with Crippen molar-refractivity contribution in [3.05, 3.63) is 29.8 Å². The number of amides is 1. The molecule has 0 atom stereocenters. The molecule has 0 N–H and O–H groups in total. The summed E-state index contributed by atoms with van der Waals surface area (Å²) in [5.41, 5.74) is 2.69. The number of hydrogen-bond donors (Lipinski definition) is 0. The fourth-order valence-corrected chi connectivity index (χ4v) is 2.31. The van der Waals surface area contributed by atoms with Crippen LogP contribution in [0.5, 0.6) is 0 Å². The lowest BCUT2D eigenvalue weighted by Gasteiger charge is -2.38. The maximum absolute atomic E-state index is 11.2. The Balaban J connectivity index is 1.96. The molecule has 0 bridgehead atoms. The van der Waals surface area contributed by atoms with Gasteiger partial charge in [0.05, 0.1) is 0 Å². The second-order valence-corrected chi connectivity index (χ2v) is 4.40. The molecule has 3 heteroatoms. The van der Waals surface area contributed by atoms with E-state index in [-0.39, 0.29) is 5.91 Å². The number of allylic oxidation sites excluding steroid dienone is 3. The Kier molecular flexibility index (Phi) is 3.32. The molecule has 0 aromatic rings. The number of hydrogen-bond acceptors (Lipinski definition) is 2. The Hall–Kier alpha value is -1.25. The highest BCUT2D eigenvalue weighted by Gasteiger charge is 2.21. The first-order chi connectivity index (χ1) is 7.68. The SMILES string of the molecule is CC(=O)N1CCN(C2=CC[CH]C=C2C)CC1. The van der Waals surface area contributed by atoms with E-state index in [4.69, 9.17) is 0 Å². The van der Waals surface area contributed by atoms with Gasteiger partial charge in [-0.15, -0.1) is 0 Å². The maximum atomic E-state index is 11.2. The molecule has 0 saturated carbocycles. The standard InChI is InChI=1S/C13H19N2O/c1-11-5-3-4-6-13(11)15-9-7-14(8-10-15)12(2)16/h3,5-6H,4,7-10H2,1-2H3. The van der Waals surface area contributed by atoms with Crippen molar-refractivity contribution in [2.45, 2.75) is 20.3 Å². The highest BCUT2D eigenvalue weighted by Crippen LogP contribution is 2.22. The Labute approximate surface area is 97.4 Å². The van der Waals surface area contributed by atoms with Crippen LogP contribution in [0.15, 0.2) is 23.4 Å². The van der Waals surface area contributed by atoms with Crippen molar-refractivity contribution in [1.82, 2.24) is 9.80 Å². The average molecular weight is 219 g/mol. The lowest BCUT2D eigenvalue weighted by Crippen LogP contribution is -2.47. The molecule has 1 aliphatic carbocycles. The molecular weight excluding hydrogens is 200 g/mol. The first-order valence-corrected chi connectivity index (χ1v) is 5.89. The molecule has 0 aromatic carbocycles. The van der Waals surface area contributed by atoms with Gasteiger partial charge in [-0.1, -0.05) is 12.2 Å². The molecule has 3 nitrogen and oxygen atoms in total. The van der Waals surface area contributed by atoms with Gasteiger partial charge in [0, 0.05) is 38.8 Å². The van der Waals surface area contributed by atoms with Crippen molar-refractivity contribution < 1.29 is 4.79 Å². The zero-order valence-electron chi connectivity index (χ0n) is 10.1. The third kappa shape index (κ3) is 2.29. The maximum Gasteiger partial charge on any atom is 0.219 e. The summed E-state index contributed by atoms with van der Waals surface area (Å²) in [5, 5.41) is 0. The summed E-state index contributed by atoms with van der Waals surface area (Å²) >= 11 is 0. The Morgan fingerprint density at radius 3 is 2.50 bits per heavy atom. The summed E-state index contributed by atoms with van der Waals surface area (Å²) in [6, 6.07) is 0. The summed E-state index contributed by atoms with van der Waals surface area (Å²) in [6.07, 6.45) is 7.68. The highest BCUT2D eigenvalue weighted by molar-refractivity contribution is 5.73. The van der Waals surface area contributed by atoms with Crippen molar-refractivity contribution in [2.24, 2.45) is 0 Å². The van der Waals surface area contributed by atoms with E-state index in [1.165, 1.54) is 11.3 Å². The predicted octanol–water partition coefficient (Wildman–Crippen LogP) is 1.59. The van der Waals surface area contributed by atoms with E-state index in [9.17, 15) is 4.79 Å². The van der Waals surface area contributed by atoms with Gasteiger partial charge >= 0.3 is 0 Å². The normalized spacial score (nSPS) is 21.6. The van der Waals surface area contributed by atoms with Crippen LogP contribution in [-0.4, -0.2) is 41.9 Å². The Morgan fingerprint density at radius 2 is 1.94 bits per heavy atom. The van der Waals surface area contributed by atoms with E-state index in [0.29, 0.717) is 0 Å². The zero-order chi connectivity index (χ0) is 11.5. The minimum Gasteiger partial charge on any atom is -0.368 e. The van der Waals surface area contributed by atoms with Crippen LogP contribution in [0.4, 0.5) is 0 Å². The summed E-state index contributed by atoms with van der Waals surface area (Å²) in [7, 11) is 0. The van der Waals surface area contributed by atoms with Crippen LogP contribution < -0.4 is 0 Å². The van der Waals surface area contributed by atoms with Crippen molar-refractivity contribution in [1.29, 1.82) is 0 Å². The monoisotopic (exact) mass is 219 g/mol. The van der Waals surface area contributed by atoms with Crippen LogP contribution in [-0.2, 0) is 4.79 Å². The van der Waals surface area contributed by atoms with Crippen molar-refractivity contribution in [2.75, 3.05) is 26.2 Å². The first-order valence-electron chi connectivity index (χ1n) is 5.89. The van der Waals surface area contributed by atoms with Crippen LogP contribution in [0.25, 0.3) is 0 Å². The number of carbonyl (C=O) groups is 1. The van der Waals surface area contributed by atoms with Gasteiger partial charge in [-0.3, -0.25) is 4.79 Å². The van der Waals surface area contributed by atoms with Crippen molar-refractivity contribution >= 4 is 5.91 Å². The van der Waals surface area contributed by atoms with Gasteiger partial charge in [0.15, 0.2) is 0 Å². The first kappa shape index (κ1) is 11.2. The lowest BCUT2D eigenvalue weighted by molar-refractivity contribution is -0.130. The van der Waals surface area contributed by atoms with Gasteiger partial charge < -0.3 is 9.80 Å². The molecule has 16 heavy (non-hydrogen) atoms. The molecule has 0 aromatic heterocycles. The predicted molar refractivity (Wildman–Crippen MR) is 64.6 cm³/mol. The summed E-state index contributed by atoms with van der Waals surface area (Å²) < 4.78 is 0. The molecular formula is C13H19N2O. The van der Waals surface area contributed by atoms with Gasteiger partial charge in [-0.05, 0) is 25.3 Å². The van der Waals surface area contributed by atoms with Gasteiger partial charge in [0.2, 0.25) is 5.91 Å². The number of carbonyl (C=O) groups excluding carboxylic acids is 1. The van der Waals surface area contributed by atoms with E-state index in [2.05, 4.69) is 30.4 Å². The molecule has 1 fully saturated rings. The van der Waals surface area contributed by atoms with Crippen molar-refractivity contribution in [3.8, 4) is 0 Å². The van der Waals surface area contributed by atoms with Crippen LogP contribution in [0.2, 0.25) is 0 Å². The zero-order valence-corrected chi connectivity index (χ0v) is 10.1. The van der Waals surface area contributed by atoms with Crippen LogP contribution in [0.1, 0.15) is 20.3 Å². The molecule has 1 radical (unpaired) electrons. The number of nitrogens with zero attached hydrogens (tertiary/aromatic N) is 2. The highest BCUT2D eigenvalue weighted by atomic mass is 16.2. The molecule has 0 unspecified atom stereocenters. The minimum absolute atomic E-state index is 0.192. The number of piperazine rings is 1.